The summed E-state index contributed by atoms with van der Waals surface area (Å²) in [5.41, 5.74) is 0.703. The monoisotopic (exact) mass is 336 g/mol. The first kappa shape index (κ1) is 16.1. The Bertz CT molecular complexity index is 554. The van der Waals surface area contributed by atoms with Crippen molar-refractivity contribution < 1.29 is 9.90 Å². The second-order valence-corrected chi connectivity index (χ2v) is 9.49. The molecule has 0 radical (unpaired) electrons. The predicted molar refractivity (Wildman–Crippen MR) is 92.4 cm³/mol. The molecule has 0 bridgehead atoms. The van der Waals surface area contributed by atoms with Crippen LogP contribution in [0.4, 0.5) is 0 Å². The molecule has 7 atom stereocenters. The van der Waals surface area contributed by atoms with Gasteiger partial charge in [0.05, 0.1) is 11.0 Å². The number of fused-ring (bicyclic) bond motifs is 5. The van der Waals surface area contributed by atoms with Crippen LogP contribution in [-0.2, 0) is 4.79 Å². The standard InChI is InChI=1S/C20H29ClO2/c1-12(21)20(23)10-8-18-17-5-3-13-11-14(22)4-6-15(13)16(17)7-9-19(18,20)2/h11-12,15-18,23H,3-10H2,1-2H3/t12?,15-,16+,17+,18-,19-,20-/m0/s1. The molecule has 0 amide bonds. The average Bonchev–Trinajstić information content (AvgIpc) is 2.80. The molecule has 0 heterocycles. The first-order valence-electron chi connectivity index (χ1n) is 9.46. The summed E-state index contributed by atoms with van der Waals surface area (Å²) in [6, 6.07) is 0. The summed E-state index contributed by atoms with van der Waals surface area (Å²) in [4.78, 5) is 11.7. The van der Waals surface area contributed by atoms with Crippen molar-refractivity contribution in [2.45, 2.75) is 76.2 Å². The van der Waals surface area contributed by atoms with Crippen molar-refractivity contribution in [2.75, 3.05) is 0 Å². The molecular formula is C20H29ClO2. The third-order valence-electron chi connectivity index (χ3n) is 8.17. The fourth-order valence-corrected chi connectivity index (χ4v) is 7.24. The Kier molecular flexibility index (Phi) is 3.74. The first-order valence-corrected chi connectivity index (χ1v) is 9.90. The number of alkyl halides is 1. The second-order valence-electron chi connectivity index (χ2n) is 8.84. The van der Waals surface area contributed by atoms with Crippen molar-refractivity contribution in [2.24, 2.45) is 29.1 Å². The molecule has 1 N–H and O–H groups in total. The molecule has 0 aromatic rings. The molecule has 0 saturated heterocycles. The van der Waals surface area contributed by atoms with Crippen molar-refractivity contribution in [1.82, 2.24) is 0 Å². The van der Waals surface area contributed by atoms with E-state index in [0.717, 1.165) is 44.4 Å². The van der Waals surface area contributed by atoms with Gasteiger partial charge in [0.25, 0.3) is 0 Å². The normalized spacial score (nSPS) is 50.6. The molecule has 3 saturated carbocycles. The zero-order valence-corrected chi connectivity index (χ0v) is 15.1. The highest BCUT2D eigenvalue weighted by Gasteiger charge is 2.63. The van der Waals surface area contributed by atoms with E-state index < -0.39 is 5.60 Å². The van der Waals surface area contributed by atoms with Gasteiger partial charge in [-0.1, -0.05) is 12.5 Å². The van der Waals surface area contributed by atoms with Crippen LogP contribution in [0.15, 0.2) is 11.6 Å². The fraction of sp³-hybridized carbons (Fsp3) is 0.850. The van der Waals surface area contributed by atoms with Gasteiger partial charge in [-0.3, -0.25) is 4.79 Å². The summed E-state index contributed by atoms with van der Waals surface area (Å²) in [5.74, 6) is 3.02. The van der Waals surface area contributed by atoms with Gasteiger partial charge in [-0.2, -0.15) is 0 Å². The molecule has 3 fully saturated rings. The van der Waals surface area contributed by atoms with Gasteiger partial charge in [0.15, 0.2) is 5.78 Å². The quantitative estimate of drug-likeness (QED) is 0.716. The van der Waals surface area contributed by atoms with E-state index in [2.05, 4.69) is 6.92 Å². The van der Waals surface area contributed by atoms with Gasteiger partial charge in [-0.05, 0) is 81.6 Å². The topological polar surface area (TPSA) is 37.3 Å². The third-order valence-corrected chi connectivity index (χ3v) is 8.53. The highest BCUT2D eigenvalue weighted by atomic mass is 35.5. The third kappa shape index (κ3) is 2.13. The zero-order valence-electron chi connectivity index (χ0n) is 14.4. The van der Waals surface area contributed by atoms with Crippen LogP contribution in [-0.4, -0.2) is 21.9 Å². The minimum Gasteiger partial charge on any atom is -0.388 e. The van der Waals surface area contributed by atoms with Gasteiger partial charge in [-0.25, -0.2) is 0 Å². The number of allylic oxidation sites excluding steroid dienone is 1. The zero-order chi connectivity index (χ0) is 16.4. The van der Waals surface area contributed by atoms with E-state index in [4.69, 9.17) is 11.6 Å². The van der Waals surface area contributed by atoms with Crippen molar-refractivity contribution in [3.05, 3.63) is 11.6 Å². The molecule has 128 valence electrons. The first-order chi connectivity index (χ1) is 10.9. The van der Waals surface area contributed by atoms with Crippen molar-refractivity contribution in [3.8, 4) is 0 Å². The van der Waals surface area contributed by atoms with Crippen LogP contribution in [0.1, 0.15) is 65.2 Å². The number of carbonyl (C=O) groups is 1. The lowest BCUT2D eigenvalue weighted by Gasteiger charge is -2.56. The smallest absolute Gasteiger partial charge is 0.155 e. The van der Waals surface area contributed by atoms with E-state index in [9.17, 15) is 9.90 Å². The van der Waals surface area contributed by atoms with Gasteiger partial charge < -0.3 is 5.11 Å². The maximum atomic E-state index is 11.7. The molecule has 1 unspecified atom stereocenters. The Balaban J connectivity index is 1.64. The lowest BCUT2D eigenvalue weighted by molar-refractivity contribution is -0.120. The van der Waals surface area contributed by atoms with Gasteiger partial charge >= 0.3 is 0 Å². The number of hydrogen-bond acceptors (Lipinski definition) is 2. The fourth-order valence-electron chi connectivity index (χ4n) is 6.89. The number of halogens is 1. The van der Waals surface area contributed by atoms with Crippen LogP contribution in [0, 0.1) is 29.1 Å². The molecule has 4 aliphatic rings. The van der Waals surface area contributed by atoms with E-state index in [1.54, 1.807) is 0 Å². The van der Waals surface area contributed by atoms with Crippen molar-refractivity contribution >= 4 is 17.4 Å². The Morgan fingerprint density at radius 1 is 1.17 bits per heavy atom. The van der Waals surface area contributed by atoms with Crippen LogP contribution in [0.5, 0.6) is 0 Å². The predicted octanol–water partition coefficient (Wildman–Crippen LogP) is 4.49. The maximum absolute atomic E-state index is 11.7. The number of hydrogen-bond donors (Lipinski definition) is 1. The molecule has 4 aliphatic carbocycles. The molecule has 2 nitrogen and oxygen atoms in total. The highest BCUT2D eigenvalue weighted by Crippen LogP contribution is 2.65. The summed E-state index contributed by atoms with van der Waals surface area (Å²) < 4.78 is 0. The van der Waals surface area contributed by atoms with Crippen molar-refractivity contribution in [1.29, 1.82) is 0 Å². The van der Waals surface area contributed by atoms with Crippen LogP contribution < -0.4 is 0 Å². The SMILES string of the molecule is CC(Cl)[C@@]1(O)CC[C@H]2[C@@H]3CCC4=CC(=O)CC[C@@H]4[C@H]3CC[C@@]21C. The van der Waals surface area contributed by atoms with E-state index in [-0.39, 0.29) is 10.8 Å². The van der Waals surface area contributed by atoms with Crippen LogP contribution in [0.3, 0.4) is 0 Å². The summed E-state index contributed by atoms with van der Waals surface area (Å²) in [6.45, 7) is 4.27. The molecule has 3 heteroatoms. The van der Waals surface area contributed by atoms with Gasteiger partial charge in [-0.15, -0.1) is 11.6 Å². The average molecular weight is 337 g/mol. The Morgan fingerprint density at radius 2 is 1.96 bits per heavy atom. The van der Waals surface area contributed by atoms with Crippen molar-refractivity contribution in [3.63, 3.8) is 0 Å². The van der Waals surface area contributed by atoms with E-state index in [0.29, 0.717) is 23.5 Å². The van der Waals surface area contributed by atoms with E-state index >= 15 is 0 Å². The summed E-state index contributed by atoms with van der Waals surface area (Å²) in [7, 11) is 0. The maximum Gasteiger partial charge on any atom is 0.155 e. The Hall–Kier alpha value is -0.340. The van der Waals surface area contributed by atoms with Gasteiger partial charge in [0.2, 0.25) is 0 Å². The summed E-state index contributed by atoms with van der Waals surface area (Å²) in [5, 5.41) is 11.1. The van der Waals surface area contributed by atoms with E-state index in [1.165, 1.54) is 18.4 Å². The summed E-state index contributed by atoms with van der Waals surface area (Å²) in [6.07, 6.45) is 10.3. The van der Waals surface area contributed by atoms with Crippen LogP contribution >= 0.6 is 11.6 Å². The van der Waals surface area contributed by atoms with Crippen LogP contribution in [0.2, 0.25) is 0 Å². The molecule has 23 heavy (non-hydrogen) atoms. The lowest BCUT2D eigenvalue weighted by atomic mass is 9.50. The molecule has 0 aliphatic heterocycles. The molecule has 0 aromatic heterocycles. The number of ketones is 1. The van der Waals surface area contributed by atoms with Gasteiger partial charge in [0, 0.05) is 11.8 Å². The number of aliphatic hydroxyl groups is 1. The summed E-state index contributed by atoms with van der Waals surface area (Å²) >= 11 is 6.44. The van der Waals surface area contributed by atoms with Crippen LogP contribution in [0.25, 0.3) is 0 Å². The minimum atomic E-state index is -0.706. The second kappa shape index (κ2) is 5.33. The Morgan fingerprint density at radius 3 is 2.70 bits per heavy atom. The molecule has 4 rings (SSSR count). The lowest BCUT2D eigenvalue weighted by Crippen LogP contribution is -2.55. The molecule has 0 aromatic carbocycles. The van der Waals surface area contributed by atoms with E-state index in [1.807, 2.05) is 13.0 Å². The molecule has 0 spiro atoms. The largest absolute Gasteiger partial charge is 0.388 e. The highest BCUT2D eigenvalue weighted by molar-refractivity contribution is 6.21. The Labute approximate surface area is 144 Å². The molecular weight excluding hydrogens is 308 g/mol. The number of carbonyl (C=O) groups excluding carboxylic acids is 1. The minimum absolute atomic E-state index is 0.0267. The number of rotatable bonds is 1. The van der Waals surface area contributed by atoms with Gasteiger partial charge in [0.1, 0.15) is 0 Å².